The van der Waals surface area contributed by atoms with Gasteiger partial charge in [-0.05, 0) is 60.3 Å². The summed E-state index contributed by atoms with van der Waals surface area (Å²) in [6.45, 7) is 2.08. The van der Waals surface area contributed by atoms with Gasteiger partial charge in [-0.1, -0.05) is 48.5 Å². The predicted octanol–water partition coefficient (Wildman–Crippen LogP) is 6.76. The van der Waals surface area contributed by atoms with E-state index in [9.17, 15) is 4.39 Å². The average molecular weight is 327 g/mol. The van der Waals surface area contributed by atoms with Gasteiger partial charge in [0.1, 0.15) is 5.82 Å². The average Bonchev–Trinajstić information content (AvgIpc) is 2.64. The topological polar surface area (TPSA) is 3.24 Å². The summed E-state index contributed by atoms with van der Waals surface area (Å²) in [5.74, 6) is -0.231. The number of aryl methyl sites for hydroxylation is 1. The highest BCUT2D eigenvalue weighted by Crippen LogP contribution is 2.38. The van der Waals surface area contributed by atoms with E-state index >= 15 is 0 Å². The van der Waals surface area contributed by atoms with Crippen LogP contribution in [0.25, 0.3) is 10.8 Å². The van der Waals surface area contributed by atoms with Crippen molar-refractivity contribution < 1.29 is 4.39 Å². The molecule has 2 heteroatoms. The number of benzene rings is 4. The Hall–Kier alpha value is -3.13. The number of fused-ring (bicyclic) bond motifs is 1. The maximum Gasteiger partial charge on any atom is 0.123 e. The van der Waals surface area contributed by atoms with Crippen LogP contribution in [0, 0.1) is 12.7 Å². The fraction of sp³-hybridized carbons (Fsp3) is 0.0435. The fourth-order valence-electron chi connectivity index (χ4n) is 3.19. The Kier molecular flexibility index (Phi) is 3.95. The first-order valence-corrected chi connectivity index (χ1v) is 8.32. The van der Waals surface area contributed by atoms with E-state index in [0.717, 1.165) is 22.4 Å². The molecule has 25 heavy (non-hydrogen) atoms. The summed E-state index contributed by atoms with van der Waals surface area (Å²) in [7, 11) is 0. The standard InChI is InChI=1S/C23H18FN/c1-17-6-4-9-21(16-17)25(20-14-12-19(24)13-15-20)23-11-5-8-18-7-2-3-10-22(18)23/h2-16H,1H3. The third kappa shape index (κ3) is 2.99. The number of anilines is 3. The zero-order chi connectivity index (χ0) is 17.2. The molecule has 0 fully saturated rings. The van der Waals surface area contributed by atoms with E-state index in [-0.39, 0.29) is 5.82 Å². The molecule has 4 rings (SSSR count). The second kappa shape index (κ2) is 6.40. The minimum Gasteiger partial charge on any atom is -0.310 e. The summed E-state index contributed by atoms with van der Waals surface area (Å²) in [6.07, 6.45) is 0. The van der Waals surface area contributed by atoms with Crippen molar-refractivity contribution in [2.24, 2.45) is 0 Å². The minimum atomic E-state index is -0.231. The van der Waals surface area contributed by atoms with Gasteiger partial charge < -0.3 is 4.90 Å². The van der Waals surface area contributed by atoms with Crippen molar-refractivity contribution in [2.45, 2.75) is 6.92 Å². The predicted molar refractivity (Wildman–Crippen MR) is 103 cm³/mol. The Morgan fingerprint density at radius 2 is 1.40 bits per heavy atom. The molecule has 4 aromatic rings. The lowest BCUT2D eigenvalue weighted by Crippen LogP contribution is -2.10. The van der Waals surface area contributed by atoms with Crippen LogP contribution in [0.15, 0.2) is 91.0 Å². The third-order valence-electron chi connectivity index (χ3n) is 4.35. The van der Waals surface area contributed by atoms with Gasteiger partial charge >= 0.3 is 0 Å². The van der Waals surface area contributed by atoms with Crippen molar-refractivity contribution in [3.8, 4) is 0 Å². The van der Waals surface area contributed by atoms with Crippen LogP contribution in [0.1, 0.15) is 5.56 Å². The van der Waals surface area contributed by atoms with Crippen LogP contribution in [0.5, 0.6) is 0 Å². The summed E-state index contributed by atoms with van der Waals surface area (Å²) >= 11 is 0. The SMILES string of the molecule is Cc1cccc(N(c2ccc(F)cc2)c2cccc3ccccc23)c1. The van der Waals surface area contributed by atoms with Crippen LogP contribution in [-0.4, -0.2) is 0 Å². The van der Waals surface area contributed by atoms with Gasteiger partial charge in [0.05, 0.1) is 5.69 Å². The molecule has 0 spiro atoms. The first-order valence-electron chi connectivity index (χ1n) is 8.32. The number of hydrogen-bond acceptors (Lipinski definition) is 1. The Bertz CT molecular complexity index is 1020. The van der Waals surface area contributed by atoms with Crippen molar-refractivity contribution in [3.05, 3.63) is 102 Å². The summed E-state index contributed by atoms with van der Waals surface area (Å²) in [5.41, 5.74) is 4.26. The van der Waals surface area contributed by atoms with Gasteiger partial charge in [0.15, 0.2) is 0 Å². The molecule has 0 aromatic heterocycles. The Balaban J connectivity index is 1.98. The van der Waals surface area contributed by atoms with Gasteiger partial charge in [0, 0.05) is 16.8 Å². The lowest BCUT2D eigenvalue weighted by molar-refractivity contribution is 0.628. The van der Waals surface area contributed by atoms with E-state index in [1.807, 2.05) is 30.3 Å². The molecule has 1 nitrogen and oxygen atoms in total. The van der Waals surface area contributed by atoms with Gasteiger partial charge in [0.2, 0.25) is 0 Å². The summed E-state index contributed by atoms with van der Waals surface area (Å²) in [6, 6.07) is 29.6. The maximum atomic E-state index is 13.5. The van der Waals surface area contributed by atoms with Gasteiger partial charge in [-0.2, -0.15) is 0 Å². The molecule has 0 bridgehead atoms. The van der Waals surface area contributed by atoms with Crippen molar-refractivity contribution in [2.75, 3.05) is 4.90 Å². The highest BCUT2D eigenvalue weighted by Gasteiger charge is 2.15. The molecule has 0 radical (unpaired) electrons. The fourth-order valence-corrected chi connectivity index (χ4v) is 3.19. The number of nitrogens with zero attached hydrogens (tertiary/aromatic N) is 1. The summed E-state index contributed by atoms with van der Waals surface area (Å²) in [4.78, 5) is 2.18. The normalized spacial score (nSPS) is 10.8. The molecule has 0 amide bonds. The Morgan fingerprint density at radius 3 is 2.20 bits per heavy atom. The van der Waals surface area contributed by atoms with Crippen LogP contribution in [-0.2, 0) is 0 Å². The largest absolute Gasteiger partial charge is 0.310 e. The monoisotopic (exact) mass is 327 g/mol. The minimum absolute atomic E-state index is 0.231. The summed E-state index contributed by atoms with van der Waals surface area (Å²) in [5, 5.41) is 2.34. The number of hydrogen-bond donors (Lipinski definition) is 0. The quantitative estimate of drug-likeness (QED) is 0.402. The van der Waals surface area contributed by atoms with E-state index in [1.165, 1.54) is 23.1 Å². The van der Waals surface area contributed by atoms with Crippen molar-refractivity contribution in [1.82, 2.24) is 0 Å². The first kappa shape index (κ1) is 15.4. The third-order valence-corrected chi connectivity index (χ3v) is 4.35. The van der Waals surface area contributed by atoms with E-state index in [4.69, 9.17) is 0 Å². The Morgan fingerprint density at radius 1 is 0.680 bits per heavy atom. The van der Waals surface area contributed by atoms with Gasteiger partial charge in [-0.25, -0.2) is 4.39 Å². The van der Waals surface area contributed by atoms with Crippen molar-refractivity contribution in [1.29, 1.82) is 0 Å². The molecule has 0 N–H and O–H groups in total. The van der Waals surface area contributed by atoms with E-state index < -0.39 is 0 Å². The van der Waals surface area contributed by atoms with Crippen molar-refractivity contribution >= 4 is 27.8 Å². The van der Waals surface area contributed by atoms with E-state index in [2.05, 4.69) is 60.4 Å². The molecule has 0 aliphatic carbocycles. The smallest absolute Gasteiger partial charge is 0.123 e. The van der Waals surface area contributed by atoms with Crippen LogP contribution in [0.2, 0.25) is 0 Å². The molecule has 0 saturated carbocycles. The molecule has 0 aliphatic heterocycles. The van der Waals surface area contributed by atoms with Crippen LogP contribution < -0.4 is 4.90 Å². The molecule has 4 aromatic carbocycles. The van der Waals surface area contributed by atoms with Crippen LogP contribution in [0.3, 0.4) is 0 Å². The van der Waals surface area contributed by atoms with E-state index in [0.29, 0.717) is 0 Å². The second-order valence-corrected chi connectivity index (χ2v) is 6.15. The highest BCUT2D eigenvalue weighted by atomic mass is 19.1. The zero-order valence-corrected chi connectivity index (χ0v) is 14.0. The molecular weight excluding hydrogens is 309 g/mol. The maximum absolute atomic E-state index is 13.5. The summed E-state index contributed by atoms with van der Waals surface area (Å²) < 4.78 is 13.5. The molecule has 0 unspecified atom stereocenters. The van der Waals surface area contributed by atoms with Gasteiger partial charge in [-0.15, -0.1) is 0 Å². The zero-order valence-electron chi connectivity index (χ0n) is 14.0. The van der Waals surface area contributed by atoms with Crippen LogP contribution in [0.4, 0.5) is 21.5 Å². The lowest BCUT2D eigenvalue weighted by atomic mass is 10.1. The van der Waals surface area contributed by atoms with Gasteiger partial charge in [-0.3, -0.25) is 0 Å². The Labute approximate surface area is 147 Å². The molecule has 0 atom stereocenters. The second-order valence-electron chi connectivity index (χ2n) is 6.15. The number of rotatable bonds is 3. The lowest BCUT2D eigenvalue weighted by Gasteiger charge is -2.27. The highest BCUT2D eigenvalue weighted by molar-refractivity contribution is 5.98. The molecule has 0 aliphatic rings. The van der Waals surface area contributed by atoms with Crippen molar-refractivity contribution in [3.63, 3.8) is 0 Å². The molecule has 0 saturated heterocycles. The number of halogens is 1. The first-order chi connectivity index (χ1) is 12.2. The van der Waals surface area contributed by atoms with E-state index in [1.54, 1.807) is 0 Å². The van der Waals surface area contributed by atoms with Crippen LogP contribution >= 0.6 is 0 Å². The molecule has 122 valence electrons. The van der Waals surface area contributed by atoms with Gasteiger partial charge in [0.25, 0.3) is 0 Å². The molecule has 0 heterocycles. The molecular formula is C23H18FN.